The number of thiophene rings is 1. The molecule has 1 aromatic heterocycles. The van der Waals surface area contributed by atoms with Crippen LogP contribution < -0.4 is 9.47 Å². The van der Waals surface area contributed by atoms with Gasteiger partial charge in [0.1, 0.15) is 10.9 Å². The number of benzene rings is 1. The molecule has 0 unspecified atom stereocenters. The molecule has 2 aromatic rings. The first-order valence-electron chi connectivity index (χ1n) is 11.8. The second-order valence-corrected chi connectivity index (χ2v) is 8.67. The molecule has 0 aliphatic carbocycles. The Morgan fingerprint density at radius 3 is 2.24 bits per heavy atom. The Kier molecular flexibility index (Phi) is 11.5. The van der Waals surface area contributed by atoms with Crippen LogP contribution in [0.15, 0.2) is 23.8 Å². The molecular weight excluding hydrogens is 514 g/mol. The molecule has 0 amide bonds. The predicted octanol–water partition coefficient (Wildman–Crippen LogP) is 4.08. The van der Waals surface area contributed by atoms with Gasteiger partial charge in [-0.1, -0.05) is 6.07 Å². The molecule has 0 radical (unpaired) electrons. The van der Waals surface area contributed by atoms with Crippen LogP contribution in [0.4, 0.5) is 0 Å². The number of rotatable bonds is 13. The molecule has 0 aliphatic rings. The summed E-state index contributed by atoms with van der Waals surface area (Å²) in [4.78, 5) is 50.1. The highest BCUT2D eigenvalue weighted by Crippen LogP contribution is 2.32. The first-order valence-corrected chi connectivity index (χ1v) is 12.6. The number of Topliss-reactive ketones (excluding diaryl/α,β-unsaturated/α-hetero) is 1. The summed E-state index contributed by atoms with van der Waals surface area (Å²) in [5.41, 5.74) is 0.775. The van der Waals surface area contributed by atoms with Gasteiger partial charge in [0.25, 0.3) is 0 Å². The zero-order chi connectivity index (χ0) is 28.2. The number of esters is 3. The largest absolute Gasteiger partial charge is 0.493 e. The molecular formula is C27H29NO9S. The van der Waals surface area contributed by atoms with E-state index in [2.05, 4.69) is 0 Å². The summed E-state index contributed by atoms with van der Waals surface area (Å²) in [6.45, 7) is 6.76. The van der Waals surface area contributed by atoms with Crippen molar-refractivity contribution < 1.29 is 42.9 Å². The van der Waals surface area contributed by atoms with Crippen molar-refractivity contribution in [2.75, 3.05) is 33.5 Å². The third-order valence-corrected chi connectivity index (χ3v) is 6.32. The number of ketones is 1. The molecule has 11 heteroatoms. The van der Waals surface area contributed by atoms with E-state index in [4.69, 9.17) is 23.7 Å². The molecule has 0 saturated heterocycles. The third kappa shape index (κ3) is 7.66. The fraction of sp³-hybridized carbons (Fsp3) is 0.370. The molecule has 38 heavy (non-hydrogen) atoms. The standard InChI is InChI=1S/C27H29NO9S/c1-6-34-23(30)15-37-20-10-9-17(12-21(20)33-5)11-18(14-28)19(29)13-22-24(26(31)35-7-2)16(4)25(38-22)27(32)36-8-3/h9-12H,6-8,13,15H2,1-5H3. The van der Waals surface area contributed by atoms with E-state index in [1.165, 1.54) is 19.3 Å². The number of carbonyl (C=O) groups is 4. The summed E-state index contributed by atoms with van der Waals surface area (Å²) in [5.74, 6) is -1.80. The smallest absolute Gasteiger partial charge is 0.348 e. The Labute approximate surface area is 224 Å². The number of methoxy groups -OCH3 is 1. The van der Waals surface area contributed by atoms with Gasteiger partial charge >= 0.3 is 17.9 Å². The fourth-order valence-electron chi connectivity index (χ4n) is 3.37. The minimum Gasteiger partial charge on any atom is -0.493 e. The Bertz CT molecular complexity index is 1270. The van der Waals surface area contributed by atoms with Gasteiger partial charge < -0.3 is 23.7 Å². The van der Waals surface area contributed by atoms with E-state index in [9.17, 15) is 24.4 Å². The van der Waals surface area contributed by atoms with Crippen LogP contribution in [-0.4, -0.2) is 57.2 Å². The lowest BCUT2D eigenvalue weighted by molar-refractivity contribution is -0.145. The summed E-state index contributed by atoms with van der Waals surface area (Å²) >= 11 is 0.963. The number of carbonyl (C=O) groups excluding carboxylic acids is 4. The van der Waals surface area contributed by atoms with Crippen molar-refractivity contribution in [3.05, 3.63) is 50.2 Å². The Morgan fingerprint density at radius 1 is 0.974 bits per heavy atom. The molecule has 0 fully saturated rings. The normalized spacial score (nSPS) is 10.8. The lowest BCUT2D eigenvalue weighted by Gasteiger charge is -2.11. The summed E-state index contributed by atoms with van der Waals surface area (Å²) in [6, 6.07) is 6.56. The first kappa shape index (κ1) is 30.1. The van der Waals surface area contributed by atoms with Crippen LogP contribution in [0.1, 0.15) is 56.8 Å². The van der Waals surface area contributed by atoms with Gasteiger partial charge in [0.15, 0.2) is 23.9 Å². The molecule has 0 N–H and O–H groups in total. The number of nitriles is 1. The van der Waals surface area contributed by atoms with E-state index < -0.39 is 23.7 Å². The molecule has 0 aliphatic heterocycles. The van der Waals surface area contributed by atoms with Gasteiger partial charge in [-0.05, 0) is 57.0 Å². The number of ether oxygens (including phenoxy) is 5. The maximum Gasteiger partial charge on any atom is 0.348 e. The van der Waals surface area contributed by atoms with Crippen LogP contribution >= 0.6 is 11.3 Å². The highest BCUT2D eigenvalue weighted by molar-refractivity contribution is 7.14. The Balaban J connectivity index is 2.35. The van der Waals surface area contributed by atoms with Gasteiger partial charge in [-0.2, -0.15) is 5.26 Å². The topological polar surface area (TPSA) is 138 Å². The predicted molar refractivity (Wildman–Crippen MR) is 138 cm³/mol. The van der Waals surface area contributed by atoms with Crippen molar-refractivity contribution in [1.82, 2.24) is 0 Å². The molecule has 1 aromatic carbocycles. The third-order valence-electron chi connectivity index (χ3n) is 5.05. The fourth-order valence-corrected chi connectivity index (χ4v) is 4.56. The van der Waals surface area contributed by atoms with E-state index in [1.807, 2.05) is 6.07 Å². The van der Waals surface area contributed by atoms with Gasteiger partial charge in [-0.25, -0.2) is 14.4 Å². The van der Waals surface area contributed by atoms with E-state index in [1.54, 1.807) is 39.8 Å². The Morgan fingerprint density at radius 2 is 1.63 bits per heavy atom. The van der Waals surface area contributed by atoms with Crippen molar-refractivity contribution in [3.63, 3.8) is 0 Å². The van der Waals surface area contributed by atoms with Gasteiger partial charge in [0, 0.05) is 11.3 Å². The van der Waals surface area contributed by atoms with Crippen LogP contribution in [0.5, 0.6) is 11.5 Å². The van der Waals surface area contributed by atoms with Crippen LogP contribution in [0.2, 0.25) is 0 Å². The lowest BCUT2D eigenvalue weighted by atomic mass is 10.0. The van der Waals surface area contributed by atoms with Crippen molar-refractivity contribution in [2.45, 2.75) is 34.1 Å². The molecule has 0 atom stereocenters. The van der Waals surface area contributed by atoms with Gasteiger partial charge in [-0.15, -0.1) is 11.3 Å². The minimum atomic E-state index is -0.662. The molecule has 0 saturated carbocycles. The number of hydrogen-bond donors (Lipinski definition) is 0. The van der Waals surface area contributed by atoms with Crippen molar-refractivity contribution >= 4 is 41.1 Å². The van der Waals surface area contributed by atoms with Gasteiger partial charge in [0.2, 0.25) is 0 Å². The Hall–Kier alpha value is -4.17. The molecule has 1 heterocycles. The van der Waals surface area contributed by atoms with Crippen molar-refractivity contribution in [2.24, 2.45) is 0 Å². The number of allylic oxidation sites excluding steroid dienone is 1. The molecule has 0 spiro atoms. The second-order valence-electron chi connectivity index (χ2n) is 7.57. The van der Waals surface area contributed by atoms with Crippen molar-refractivity contribution in [3.8, 4) is 17.6 Å². The van der Waals surface area contributed by atoms with Crippen molar-refractivity contribution in [1.29, 1.82) is 5.26 Å². The molecule has 202 valence electrons. The van der Waals surface area contributed by atoms with Gasteiger partial charge in [-0.3, -0.25) is 4.79 Å². The minimum absolute atomic E-state index is 0.112. The van der Waals surface area contributed by atoms with Crippen LogP contribution in [0.25, 0.3) is 6.08 Å². The van der Waals surface area contributed by atoms with E-state index in [-0.39, 0.29) is 60.4 Å². The number of nitrogens with zero attached hydrogens (tertiary/aromatic N) is 1. The first-order chi connectivity index (χ1) is 18.2. The van der Waals surface area contributed by atoms with E-state index >= 15 is 0 Å². The van der Waals surface area contributed by atoms with Crippen LogP contribution in [0.3, 0.4) is 0 Å². The average Bonchev–Trinajstić information content (AvgIpc) is 3.22. The maximum atomic E-state index is 13.1. The molecule has 0 bridgehead atoms. The zero-order valence-corrected chi connectivity index (χ0v) is 22.7. The van der Waals surface area contributed by atoms with Gasteiger partial charge in [0.05, 0.1) is 38.1 Å². The summed E-state index contributed by atoms with van der Waals surface area (Å²) in [7, 11) is 1.41. The number of hydrogen-bond acceptors (Lipinski definition) is 11. The highest BCUT2D eigenvalue weighted by atomic mass is 32.1. The van der Waals surface area contributed by atoms with E-state index in [0.29, 0.717) is 16.0 Å². The summed E-state index contributed by atoms with van der Waals surface area (Å²) in [6.07, 6.45) is 1.08. The summed E-state index contributed by atoms with van der Waals surface area (Å²) in [5, 5.41) is 9.68. The van der Waals surface area contributed by atoms with Crippen LogP contribution in [0, 0.1) is 18.3 Å². The SMILES string of the molecule is CCOC(=O)COc1ccc(C=C(C#N)C(=O)Cc2sc(C(=O)OCC)c(C)c2C(=O)OCC)cc1OC. The zero-order valence-electron chi connectivity index (χ0n) is 21.9. The monoisotopic (exact) mass is 543 g/mol. The highest BCUT2D eigenvalue weighted by Gasteiger charge is 2.28. The quantitative estimate of drug-likeness (QED) is 0.157. The van der Waals surface area contributed by atoms with Crippen LogP contribution in [-0.2, 0) is 30.2 Å². The summed E-state index contributed by atoms with van der Waals surface area (Å²) < 4.78 is 25.8. The lowest BCUT2D eigenvalue weighted by Crippen LogP contribution is -2.14. The maximum absolute atomic E-state index is 13.1. The molecule has 10 nitrogen and oxygen atoms in total. The second kappa shape index (κ2) is 14.5. The molecule has 2 rings (SSSR count). The van der Waals surface area contributed by atoms with E-state index in [0.717, 1.165) is 11.3 Å². The average molecular weight is 544 g/mol.